The summed E-state index contributed by atoms with van der Waals surface area (Å²) in [7, 11) is 1.76. The Morgan fingerprint density at radius 2 is 1.70 bits per heavy atom. The molecule has 1 amide bonds. The van der Waals surface area contributed by atoms with Crippen molar-refractivity contribution in [1.29, 1.82) is 0 Å². The number of unbranched alkanes of at least 4 members (excludes halogenated alkanes) is 1. The molecule has 0 aromatic carbocycles. The molecule has 0 atom stereocenters. The van der Waals surface area contributed by atoms with E-state index in [-0.39, 0.29) is 24.0 Å². The molecule has 0 unspecified atom stereocenters. The van der Waals surface area contributed by atoms with Crippen LogP contribution in [0.5, 0.6) is 0 Å². The molecule has 1 aliphatic rings. The first kappa shape index (κ1) is 26.2. The van der Waals surface area contributed by atoms with Gasteiger partial charge in [-0.15, -0.1) is 24.0 Å². The van der Waals surface area contributed by atoms with Gasteiger partial charge in [-0.25, -0.2) is 4.79 Å². The van der Waals surface area contributed by atoms with Crippen molar-refractivity contribution < 1.29 is 9.53 Å². The molecule has 3 N–H and O–H groups in total. The predicted octanol–water partition coefficient (Wildman–Crippen LogP) is 2.95. The zero-order valence-corrected chi connectivity index (χ0v) is 20.3. The van der Waals surface area contributed by atoms with Crippen molar-refractivity contribution in [1.82, 2.24) is 20.9 Å². The smallest absolute Gasteiger partial charge is 0.408 e. The summed E-state index contributed by atoms with van der Waals surface area (Å²) < 4.78 is 5.31. The molecule has 0 aromatic rings. The molecule has 160 valence electrons. The number of nitrogens with one attached hydrogen (secondary N) is 3. The first-order chi connectivity index (χ1) is 12.1. The van der Waals surface area contributed by atoms with Crippen LogP contribution in [0, 0.1) is 0 Å². The molecule has 1 aliphatic heterocycles. The highest BCUT2D eigenvalue weighted by Crippen LogP contribution is 2.09. The van der Waals surface area contributed by atoms with Gasteiger partial charge < -0.3 is 25.6 Å². The monoisotopic (exact) mass is 497 g/mol. The molecule has 7 nitrogen and oxygen atoms in total. The van der Waals surface area contributed by atoms with Gasteiger partial charge in [0.25, 0.3) is 0 Å². The number of alkyl carbamates (subject to hydrolysis) is 1. The number of amides is 1. The number of hydrogen-bond acceptors (Lipinski definition) is 4. The maximum atomic E-state index is 11.9. The minimum Gasteiger partial charge on any atom is -0.444 e. The van der Waals surface area contributed by atoms with Gasteiger partial charge in [-0.1, -0.05) is 0 Å². The highest BCUT2D eigenvalue weighted by molar-refractivity contribution is 14.0. The fourth-order valence-electron chi connectivity index (χ4n) is 2.82. The Morgan fingerprint density at radius 1 is 1.07 bits per heavy atom. The lowest BCUT2D eigenvalue weighted by Gasteiger charge is -2.29. The number of hydrogen-bond donors (Lipinski definition) is 3. The molecule has 8 heteroatoms. The van der Waals surface area contributed by atoms with Crippen LogP contribution in [0.4, 0.5) is 4.79 Å². The Kier molecular flexibility index (Phi) is 12.3. The van der Waals surface area contributed by atoms with Gasteiger partial charge in [-0.3, -0.25) is 4.99 Å². The Hall–Kier alpha value is -0.770. The fourth-order valence-corrected chi connectivity index (χ4v) is 2.82. The third-order valence-electron chi connectivity index (χ3n) is 4.15. The maximum absolute atomic E-state index is 11.9. The van der Waals surface area contributed by atoms with E-state index < -0.39 is 17.2 Å². The van der Waals surface area contributed by atoms with E-state index in [1.807, 2.05) is 34.6 Å². The molecule has 0 spiro atoms. The molecule has 1 saturated heterocycles. The maximum Gasteiger partial charge on any atom is 0.408 e. The third-order valence-corrected chi connectivity index (χ3v) is 4.15. The van der Waals surface area contributed by atoms with E-state index in [0.29, 0.717) is 6.54 Å². The van der Waals surface area contributed by atoms with Crippen molar-refractivity contribution in [3.05, 3.63) is 0 Å². The molecule has 0 bridgehead atoms. The number of ether oxygens (including phenoxy) is 1. The number of nitrogens with zero attached hydrogens (tertiary/aromatic N) is 2. The van der Waals surface area contributed by atoms with E-state index in [4.69, 9.17) is 4.74 Å². The quantitative estimate of drug-likeness (QED) is 0.208. The molecule has 0 radical (unpaired) electrons. The van der Waals surface area contributed by atoms with Crippen LogP contribution in [-0.2, 0) is 4.74 Å². The highest BCUT2D eigenvalue weighted by atomic mass is 127. The predicted molar refractivity (Wildman–Crippen MR) is 123 cm³/mol. The topological polar surface area (TPSA) is 78.0 Å². The van der Waals surface area contributed by atoms with Crippen LogP contribution in [0.15, 0.2) is 4.99 Å². The Morgan fingerprint density at radius 3 is 2.26 bits per heavy atom. The second-order valence-electron chi connectivity index (χ2n) is 8.62. The van der Waals surface area contributed by atoms with Gasteiger partial charge in [0.15, 0.2) is 5.96 Å². The van der Waals surface area contributed by atoms with Crippen LogP contribution >= 0.6 is 24.0 Å². The van der Waals surface area contributed by atoms with Crippen molar-refractivity contribution in [2.75, 3.05) is 39.8 Å². The average Bonchev–Trinajstić information content (AvgIpc) is 3.00. The van der Waals surface area contributed by atoms with E-state index in [1.165, 1.54) is 38.9 Å². The van der Waals surface area contributed by atoms with Crippen molar-refractivity contribution in [3.8, 4) is 0 Å². The summed E-state index contributed by atoms with van der Waals surface area (Å²) in [6.45, 7) is 14.6. The lowest BCUT2D eigenvalue weighted by atomic mass is 10.1. The SMILES string of the molecule is CN=C(NCCCCN1CCCC1)NCC(C)(C)NC(=O)OC(C)(C)C.I. The number of guanidine groups is 1. The Balaban J connectivity index is 0.00000676. The fraction of sp³-hybridized carbons (Fsp3) is 0.895. The van der Waals surface area contributed by atoms with Crippen LogP contribution < -0.4 is 16.0 Å². The van der Waals surface area contributed by atoms with Gasteiger partial charge in [0.05, 0.1) is 5.54 Å². The first-order valence-electron chi connectivity index (χ1n) is 9.79. The minimum absolute atomic E-state index is 0. The molecular formula is C19H40IN5O2. The number of carbonyl (C=O) groups excluding carboxylic acids is 1. The molecule has 0 aliphatic carbocycles. The first-order valence-corrected chi connectivity index (χ1v) is 9.79. The van der Waals surface area contributed by atoms with Gasteiger partial charge in [0.2, 0.25) is 0 Å². The third kappa shape index (κ3) is 13.1. The van der Waals surface area contributed by atoms with E-state index in [9.17, 15) is 4.79 Å². The molecule has 1 rings (SSSR count). The number of likely N-dealkylation sites (tertiary alicyclic amines) is 1. The summed E-state index contributed by atoms with van der Waals surface area (Å²) in [6.07, 6.45) is 4.62. The summed E-state index contributed by atoms with van der Waals surface area (Å²) in [6, 6.07) is 0. The van der Waals surface area contributed by atoms with Crippen LogP contribution in [0.2, 0.25) is 0 Å². The number of carbonyl (C=O) groups is 1. The van der Waals surface area contributed by atoms with Gasteiger partial charge in [-0.2, -0.15) is 0 Å². The molecule has 0 saturated carbocycles. The number of halogens is 1. The number of rotatable bonds is 8. The molecule has 1 heterocycles. The summed E-state index contributed by atoms with van der Waals surface area (Å²) in [5.74, 6) is 0.755. The lowest BCUT2D eigenvalue weighted by Crippen LogP contribution is -2.54. The molecule has 0 aromatic heterocycles. The standard InChI is InChI=1S/C19H39N5O2.HI/c1-18(2,3)26-17(25)23-19(4,5)15-22-16(20-6)21-11-7-8-12-24-13-9-10-14-24;/h7-15H2,1-6H3,(H,23,25)(H2,20,21,22);1H. The Bertz CT molecular complexity index is 458. The molecule has 1 fully saturated rings. The summed E-state index contributed by atoms with van der Waals surface area (Å²) in [5.41, 5.74) is -0.948. The van der Waals surface area contributed by atoms with Crippen LogP contribution in [-0.4, -0.2) is 67.9 Å². The van der Waals surface area contributed by atoms with Crippen molar-refractivity contribution in [2.24, 2.45) is 4.99 Å². The molecular weight excluding hydrogens is 457 g/mol. The van der Waals surface area contributed by atoms with Crippen LogP contribution in [0.1, 0.15) is 60.3 Å². The summed E-state index contributed by atoms with van der Waals surface area (Å²) in [5, 5.41) is 9.49. The Labute approximate surface area is 182 Å². The average molecular weight is 497 g/mol. The van der Waals surface area contributed by atoms with Gasteiger partial charge in [0.1, 0.15) is 5.60 Å². The number of aliphatic imine (C=N–C) groups is 1. The van der Waals surface area contributed by atoms with E-state index in [1.54, 1.807) is 7.05 Å². The zero-order chi connectivity index (χ0) is 19.6. The van der Waals surface area contributed by atoms with E-state index >= 15 is 0 Å². The van der Waals surface area contributed by atoms with Crippen LogP contribution in [0.3, 0.4) is 0 Å². The van der Waals surface area contributed by atoms with Crippen LogP contribution in [0.25, 0.3) is 0 Å². The van der Waals surface area contributed by atoms with Gasteiger partial charge >= 0.3 is 6.09 Å². The highest BCUT2D eigenvalue weighted by Gasteiger charge is 2.24. The van der Waals surface area contributed by atoms with Gasteiger partial charge in [-0.05, 0) is 79.9 Å². The summed E-state index contributed by atoms with van der Waals surface area (Å²) in [4.78, 5) is 18.7. The lowest BCUT2D eigenvalue weighted by molar-refractivity contribution is 0.0474. The second kappa shape index (κ2) is 12.6. The van der Waals surface area contributed by atoms with E-state index in [0.717, 1.165) is 18.9 Å². The van der Waals surface area contributed by atoms with Gasteiger partial charge in [0, 0.05) is 20.1 Å². The normalized spacial score (nSPS) is 15.9. The zero-order valence-electron chi connectivity index (χ0n) is 18.0. The minimum atomic E-state index is -0.500. The molecule has 27 heavy (non-hydrogen) atoms. The van der Waals surface area contributed by atoms with Crippen molar-refractivity contribution >= 4 is 36.0 Å². The largest absolute Gasteiger partial charge is 0.444 e. The second-order valence-corrected chi connectivity index (χ2v) is 8.62. The van der Waals surface area contributed by atoms with E-state index in [2.05, 4.69) is 25.8 Å². The summed E-state index contributed by atoms with van der Waals surface area (Å²) >= 11 is 0. The van der Waals surface area contributed by atoms with Crippen molar-refractivity contribution in [2.45, 2.75) is 71.4 Å². The van der Waals surface area contributed by atoms with Crippen molar-refractivity contribution in [3.63, 3.8) is 0 Å².